The topological polar surface area (TPSA) is 95.1 Å². The molecule has 2 aromatic carbocycles. The average molecular weight is 450 g/mol. The van der Waals surface area contributed by atoms with Gasteiger partial charge < -0.3 is 9.15 Å². The molecule has 2 aromatic heterocycles. The van der Waals surface area contributed by atoms with Crippen molar-refractivity contribution >= 4 is 23.7 Å². The van der Waals surface area contributed by atoms with Crippen LogP contribution in [0.1, 0.15) is 25.7 Å². The number of hydrogen-bond donors (Lipinski definition) is 1. The molecule has 32 heavy (non-hydrogen) atoms. The maximum Gasteiger partial charge on any atom is 0.322 e. The van der Waals surface area contributed by atoms with Gasteiger partial charge in [0.15, 0.2) is 5.16 Å². The molecule has 0 radical (unpaired) electrons. The summed E-state index contributed by atoms with van der Waals surface area (Å²) in [6.07, 6.45) is 1.81. The average Bonchev–Trinajstić information content (AvgIpc) is 3.45. The van der Waals surface area contributed by atoms with E-state index in [1.807, 2.05) is 79.2 Å². The van der Waals surface area contributed by atoms with Crippen molar-refractivity contribution in [3.05, 3.63) is 66.7 Å². The molecule has 0 aliphatic heterocycles. The fraction of sp³-hybridized carbons (Fsp3) is 0.217. The second kappa shape index (κ2) is 9.69. The molecule has 0 fully saturated rings. The lowest BCUT2D eigenvalue weighted by Crippen LogP contribution is -2.15. The van der Waals surface area contributed by atoms with Crippen LogP contribution < -0.4 is 10.1 Å². The molecular weight excluding hydrogens is 426 g/mol. The Morgan fingerprint density at radius 1 is 1.16 bits per heavy atom. The van der Waals surface area contributed by atoms with Gasteiger partial charge in [0.2, 0.25) is 11.8 Å². The lowest BCUT2D eigenvalue weighted by molar-refractivity contribution is -0.113. The third kappa shape index (κ3) is 4.83. The van der Waals surface area contributed by atoms with Gasteiger partial charge in [0.05, 0.1) is 30.4 Å². The van der Waals surface area contributed by atoms with Crippen molar-refractivity contribution in [2.75, 3.05) is 18.2 Å². The van der Waals surface area contributed by atoms with Gasteiger partial charge in [0, 0.05) is 17.5 Å². The SMILES string of the molecule is COc1cccc(-n2c(-c3ccccc3)cnc2SCC(=O)Nc2nnc(C(C)C)o2)c1. The lowest BCUT2D eigenvalue weighted by atomic mass is 10.1. The summed E-state index contributed by atoms with van der Waals surface area (Å²) >= 11 is 1.32. The van der Waals surface area contributed by atoms with Crippen LogP contribution in [0.5, 0.6) is 5.75 Å². The number of amides is 1. The molecule has 0 unspecified atom stereocenters. The van der Waals surface area contributed by atoms with Crippen LogP contribution in [-0.2, 0) is 4.79 Å². The minimum absolute atomic E-state index is 0.0919. The number of methoxy groups -OCH3 is 1. The number of nitrogens with one attached hydrogen (secondary N) is 1. The van der Waals surface area contributed by atoms with Crippen LogP contribution in [-0.4, -0.2) is 38.5 Å². The van der Waals surface area contributed by atoms with Gasteiger partial charge in [-0.1, -0.05) is 67.1 Å². The molecule has 4 aromatic rings. The van der Waals surface area contributed by atoms with Crippen LogP contribution in [0.2, 0.25) is 0 Å². The summed E-state index contributed by atoms with van der Waals surface area (Å²) < 4.78 is 12.9. The van der Waals surface area contributed by atoms with Crippen molar-refractivity contribution in [3.63, 3.8) is 0 Å². The quantitative estimate of drug-likeness (QED) is 0.387. The number of imidazole rings is 1. The number of thioether (sulfide) groups is 1. The second-order valence-electron chi connectivity index (χ2n) is 7.27. The summed E-state index contributed by atoms with van der Waals surface area (Å²) in [6, 6.07) is 17.8. The predicted molar refractivity (Wildman–Crippen MR) is 123 cm³/mol. The van der Waals surface area contributed by atoms with Crippen molar-refractivity contribution in [2.24, 2.45) is 0 Å². The highest BCUT2D eigenvalue weighted by Gasteiger charge is 2.17. The highest BCUT2D eigenvalue weighted by molar-refractivity contribution is 7.99. The zero-order chi connectivity index (χ0) is 22.5. The Hall–Kier alpha value is -3.59. The highest BCUT2D eigenvalue weighted by atomic mass is 32.2. The monoisotopic (exact) mass is 449 g/mol. The van der Waals surface area contributed by atoms with Crippen LogP contribution in [0.3, 0.4) is 0 Å². The number of benzene rings is 2. The number of carbonyl (C=O) groups excluding carboxylic acids is 1. The van der Waals surface area contributed by atoms with Crippen molar-refractivity contribution in [1.82, 2.24) is 19.7 Å². The van der Waals surface area contributed by atoms with Gasteiger partial charge in [-0.2, -0.15) is 0 Å². The largest absolute Gasteiger partial charge is 0.497 e. The molecule has 0 aliphatic carbocycles. The Bertz CT molecular complexity index is 1200. The van der Waals surface area contributed by atoms with Crippen molar-refractivity contribution in [1.29, 1.82) is 0 Å². The summed E-state index contributed by atoms with van der Waals surface area (Å²) in [5.74, 6) is 1.19. The predicted octanol–water partition coefficient (Wildman–Crippen LogP) is 4.79. The van der Waals surface area contributed by atoms with E-state index in [0.717, 1.165) is 22.7 Å². The van der Waals surface area contributed by atoms with Gasteiger partial charge in [-0.3, -0.25) is 14.7 Å². The van der Waals surface area contributed by atoms with Crippen molar-refractivity contribution in [2.45, 2.75) is 24.9 Å². The number of nitrogens with zero attached hydrogens (tertiary/aromatic N) is 4. The Kier molecular flexibility index (Phi) is 6.55. The van der Waals surface area contributed by atoms with E-state index in [-0.39, 0.29) is 23.6 Å². The Morgan fingerprint density at radius 3 is 2.69 bits per heavy atom. The standard InChI is InChI=1S/C23H23N5O3S/c1-15(2)21-26-27-22(31-21)25-20(29)14-32-23-24-13-19(16-8-5-4-6-9-16)28(23)17-10-7-11-18(12-17)30-3/h4-13,15H,14H2,1-3H3,(H,25,27,29). The van der Waals surface area contributed by atoms with Gasteiger partial charge in [0.25, 0.3) is 0 Å². The van der Waals surface area contributed by atoms with Gasteiger partial charge >= 0.3 is 6.01 Å². The summed E-state index contributed by atoms with van der Waals surface area (Å²) in [7, 11) is 1.63. The molecule has 1 N–H and O–H groups in total. The third-order valence-corrected chi connectivity index (χ3v) is 5.58. The Morgan fingerprint density at radius 2 is 1.97 bits per heavy atom. The molecule has 4 rings (SSSR count). The Labute approximate surface area is 190 Å². The van der Waals surface area contributed by atoms with Gasteiger partial charge in [0.1, 0.15) is 5.75 Å². The molecule has 0 saturated heterocycles. The van der Waals surface area contributed by atoms with Crippen LogP contribution in [0.15, 0.2) is 70.4 Å². The fourth-order valence-electron chi connectivity index (χ4n) is 3.05. The van der Waals surface area contributed by atoms with E-state index in [0.29, 0.717) is 11.0 Å². The van der Waals surface area contributed by atoms with E-state index in [2.05, 4.69) is 20.5 Å². The molecular formula is C23H23N5O3S. The van der Waals surface area contributed by atoms with Gasteiger partial charge in [-0.15, -0.1) is 5.10 Å². The number of rotatable bonds is 8. The molecule has 8 nitrogen and oxygen atoms in total. The zero-order valence-corrected chi connectivity index (χ0v) is 18.8. The van der Waals surface area contributed by atoms with E-state index in [9.17, 15) is 4.79 Å². The maximum atomic E-state index is 12.5. The maximum absolute atomic E-state index is 12.5. The van der Waals surface area contributed by atoms with E-state index in [4.69, 9.17) is 9.15 Å². The molecule has 2 heterocycles. The first-order chi connectivity index (χ1) is 15.5. The first-order valence-corrected chi connectivity index (χ1v) is 11.1. The number of ether oxygens (including phenoxy) is 1. The summed E-state index contributed by atoms with van der Waals surface area (Å²) in [4.78, 5) is 17.1. The minimum Gasteiger partial charge on any atom is -0.497 e. The molecule has 164 valence electrons. The molecule has 0 aliphatic rings. The van der Waals surface area contributed by atoms with Crippen molar-refractivity contribution < 1.29 is 13.9 Å². The lowest BCUT2D eigenvalue weighted by Gasteiger charge is -2.13. The summed E-state index contributed by atoms with van der Waals surface area (Å²) in [5, 5.41) is 11.1. The highest BCUT2D eigenvalue weighted by Crippen LogP contribution is 2.31. The summed E-state index contributed by atoms with van der Waals surface area (Å²) in [5.41, 5.74) is 2.83. The minimum atomic E-state index is -0.254. The smallest absolute Gasteiger partial charge is 0.322 e. The Balaban J connectivity index is 1.58. The summed E-state index contributed by atoms with van der Waals surface area (Å²) in [6.45, 7) is 3.88. The second-order valence-corrected chi connectivity index (χ2v) is 8.21. The van der Waals surface area contributed by atoms with Gasteiger partial charge in [-0.05, 0) is 12.1 Å². The molecule has 9 heteroatoms. The van der Waals surface area contributed by atoms with Gasteiger partial charge in [-0.25, -0.2) is 4.98 Å². The fourth-order valence-corrected chi connectivity index (χ4v) is 3.84. The molecule has 1 amide bonds. The first-order valence-electron chi connectivity index (χ1n) is 10.1. The number of hydrogen-bond acceptors (Lipinski definition) is 7. The van der Waals surface area contributed by atoms with Crippen LogP contribution in [0.4, 0.5) is 6.01 Å². The molecule has 0 saturated carbocycles. The normalized spacial score (nSPS) is 11.0. The van der Waals surface area contributed by atoms with E-state index in [1.54, 1.807) is 7.11 Å². The molecule has 0 atom stereocenters. The molecule has 0 spiro atoms. The van der Waals surface area contributed by atoms with Crippen LogP contribution >= 0.6 is 11.8 Å². The van der Waals surface area contributed by atoms with Crippen LogP contribution in [0.25, 0.3) is 16.9 Å². The number of carbonyl (C=O) groups is 1. The third-order valence-electron chi connectivity index (χ3n) is 4.62. The van der Waals surface area contributed by atoms with E-state index in [1.165, 1.54) is 11.8 Å². The van der Waals surface area contributed by atoms with Crippen molar-refractivity contribution in [3.8, 4) is 22.7 Å². The first kappa shape index (κ1) is 21.6. The van der Waals surface area contributed by atoms with Crippen LogP contribution in [0, 0.1) is 0 Å². The zero-order valence-electron chi connectivity index (χ0n) is 18.0. The van der Waals surface area contributed by atoms with E-state index >= 15 is 0 Å². The van der Waals surface area contributed by atoms with E-state index < -0.39 is 0 Å². The molecule has 0 bridgehead atoms. The number of anilines is 1. The number of aromatic nitrogens is 4.